The summed E-state index contributed by atoms with van der Waals surface area (Å²) in [6, 6.07) is 10.00. The Morgan fingerprint density at radius 3 is 2.78 bits per heavy atom. The van der Waals surface area contributed by atoms with E-state index in [9.17, 15) is 4.79 Å². The van der Waals surface area contributed by atoms with Gasteiger partial charge in [0.2, 0.25) is 5.91 Å². The molecule has 1 aromatic rings. The van der Waals surface area contributed by atoms with Crippen molar-refractivity contribution in [3.05, 3.63) is 29.8 Å². The predicted octanol–water partition coefficient (Wildman–Crippen LogP) is 2.62. The average Bonchev–Trinajstić information content (AvgIpc) is 2.50. The number of ether oxygens (including phenoxy) is 1. The quantitative estimate of drug-likeness (QED) is 0.687. The van der Waals surface area contributed by atoms with Crippen LogP contribution in [0, 0.1) is 16.7 Å². The molecule has 0 aliphatic heterocycles. The van der Waals surface area contributed by atoms with E-state index in [1.165, 1.54) is 0 Å². The van der Waals surface area contributed by atoms with Crippen LogP contribution in [0.4, 0.5) is 0 Å². The molecule has 0 spiro atoms. The van der Waals surface area contributed by atoms with E-state index in [0.717, 1.165) is 30.8 Å². The van der Waals surface area contributed by atoms with Crippen molar-refractivity contribution >= 4 is 5.91 Å². The lowest BCUT2D eigenvalue weighted by atomic mass is 9.96. The first-order chi connectivity index (χ1) is 10.9. The summed E-state index contributed by atoms with van der Waals surface area (Å²) in [5.41, 5.74) is 0.780. The van der Waals surface area contributed by atoms with Crippen molar-refractivity contribution in [3.8, 4) is 11.8 Å². The van der Waals surface area contributed by atoms with E-state index in [4.69, 9.17) is 10.00 Å². The molecule has 0 heterocycles. The van der Waals surface area contributed by atoms with Crippen molar-refractivity contribution in [2.75, 3.05) is 19.7 Å². The molecule has 0 atom stereocenters. The van der Waals surface area contributed by atoms with Gasteiger partial charge in [0.1, 0.15) is 5.75 Å². The second kappa shape index (κ2) is 9.86. The summed E-state index contributed by atoms with van der Waals surface area (Å²) >= 11 is 0. The Morgan fingerprint density at radius 1 is 1.30 bits per heavy atom. The van der Waals surface area contributed by atoms with Gasteiger partial charge in [-0.1, -0.05) is 32.9 Å². The molecule has 23 heavy (non-hydrogen) atoms. The van der Waals surface area contributed by atoms with E-state index in [1.54, 1.807) is 0 Å². The number of nitriles is 1. The van der Waals surface area contributed by atoms with Crippen LogP contribution in [0.25, 0.3) is 0 Å². The van der Waals surface area contributed by atoms with Crippen molar-refractivity contribution in [2.45, 2.75) is 40.2 Å². The smallest absolute Gasteiger partial charge is 0.225 e. The third-order valence-electron chi connectivity index (χ3n) is 3.20. The summed E-state index contributed by atoms with van der Waals surface area (Å²) in [6.45, 7) is 8.31. The molecular formula is C18H27N3O2. The van der Waals surface area contributed by atoms with Gasteiger partial charge in [-0.25, -0.2) is 0 Å². The van der Waals surface area contributed by atoms with Crippen LogP contribution in [0.1, 0.15) is 39.2 Å². The molecule has 126 valence electrons. The highest BCUT2D eigenvalue weighted by molar-refractivity contribution is 5.81. The number of amides is 1. The van der Waals surface area contributed by atoms with Gasteiger partial charge >= 0.3 is 0 Å². The Labute approximate surface area is 139 Å². The minimum atomic E-state index is -0.350. The fourth-order valence-corrected chi connectivity index (χ4v) is 1.85. The number of nitrogens with zero attached hydrogens (tertiary/aromatic N) is 1. The number of benzene rings is 1. The number of nitrogens with one attached hydrogen (secondary N) is 2. The van der Waals surface area contributed by atoms with E-state index in [2.05, 4.69) is 16.7 Å². The molecule has 0 aliphatic rings. The van der Waals surface area contributed by atoms with Crippen LogP contribution >= 0.6 is 0 Å². The summed E-state index contributed by atoms with van der Waals surface area (Å²) in [5.74, 6) is 0.885. The number of unbranched alkanes of at least 4 members (excludes halogenated alkanes) is 1. The molecule has 0 aliphatic carbocycles. The summed E-state index contributed by atoms with van der Waals surface area (Å²) < 4.78 is 5.61. The lowest BCUT2D eigenvalue weighted by Gasteiger charge is -2.17. The maximum atomic E-state index is 11.7. The molecule has 0 saturated carbocycles. The third kappa shape index (κ3) is 8.22. The van der Waals surface area contributed by atoms with Crippen LogP contribution in [0.2, 0.25) is 0 Å². The van der Waals surface area contributed by atoms with Crippen LogP contribution < -0.4 is 15.4 Å². The van der Waals surface area contributed by atoms with Crippen LogP contribution in [0.3, 0.4) is 0 Å². The van der Waals surface area contributed by atoms with Gasteiger partial charge in [-0.3, -0.25) is 4.79 Å². The zero-order valence-electron chi connectivity index (χ0n) is 14.3. The Kier molecular flexibility index (Phi) is 8.14. The number of hydrogen-bond acceptors (Lipinski definition) is 4. The van der Waals surface area contributed by atoms with Crippen molar-refractivity contribution in [1.29, 1.82) is 5.26 Å². The van der Waals surface area contributed by atoms with Gasteiger partial charge in [-0.05, 0) is 24.1 Å². The second-order valence-corrected chi connectivity index (χ2v) is 6.44. The molecule has 0 fully saturated rings. The average molecular weight is 317 g/mol. The van der Waals surface area contributed by atoms with Crippen LogP contribution in [0.15, 0.2) is 24.3 Å². The van der Waals surface area contributed by atoms with Crippen molar-refractivity contribution in [3.63, 3.8) is 0 Å². The van der Waals surface area contributed by atoms with Crippen LogP contribution in [-0.2, 0) is 11.3 Å². The first-order valence-corrected chi connectivity index (χ1v) is 8.01. The van der Waals surface area contributed by atoms with Gasteiger partial charge in [-0.2, -0.15) is 5.26 Å². The highest BCUT2D eigenvalue weighted by Crippen LogP contribution is 2.14. The number of hydrogen-bond donors (Lipinski definition) is 2. The normalized spacial score (nSPS) is 10.9. The first kappa shape index (κ1) is 19.0. The highest BCUT2D eigenvalue weighted by Gasteiger charge is 2.19. The van der Waals surface area contributed by atoms with Crippen LogP contribution in [0.5, 0.6) is 5.75 Å². The Balaban J connectivity index is 2.25. The molecule has 0 saturated heterocycles. The molecule has 1 rings (SSSR count). The number of rotatable bonds is 9. The molecule has 5 heteroatoms. The molecule has 5 nitrogen and oxygen atoms in total. The monoisotopic (exact) mass is 317 g/mol. The van der Waals surface area contributed by atoms with Gasteiger partial charge in [-0.15, -0.1) is 0 Å². The van der Waals surface area contributed by atoms with Gasteiger partial charge in [0.25, 0.3) is 0 Å². The molecule has 0 aromatic heterocycles. The van der Waals surface area contributed by atoms with Gasteiger partial charge in [0.15, 0.2) is 0 Å². The lowest BCUT2D eigenvalue weighted by Crippen LogP contribution is -2.38. The standard InChI is InChI=1S/C18H27N3O2/c1-18(2,3)17(22)21-11-10-20-14-15-7-6-8-16(13-15)23-12-5-4-9-19/h6-8,13,20H,4-5,10-12,14H2,1-3H3,(H,21,22). The van der Waals surface area contributed by atoms with Crippen molar-refractivity contribution in [2.24, 2.45) is 5.41 Å². The van der Waals surface area contributed by atoms with Crippen molar-refractivity contribution in [1.82, 2.24) is 10.6 Å². The Bertz CT molecular complexity index is 530. The minimum Gasteiger partial charge on any atom is -0.494 e. The fourth-order valence-electron chi connectivity index (χ4n) is 1.85. The number of carbonyl (C=O) groups is 1. The molecule has 1 amide bonds. The van der Waals surface area contributed by atoms with E-state index < -0.39 is 0 Å². The predicted molar refractivity (Wildman–Crippen MR) is 91.0 cm³/mol. The minimum absolute atomic E-state index is 0.0621. The molecule has 0 unspecified atom stereocenters. The van der Waals surface area contributed by atoms with Crippen LogP contribution in [-0.4, -0.2) is 25.6 Å². The summed E-state index contributed by atoms with van der Waals surface area (Å²) in [7, 11) is 0. The Morgan fingerprint density at radius 2 is 2.09 bits per heavy atom. The van der Waals surface area contributed by atoms with Gasteiger partial charge < -0.3 is 15.4 Å². The Hall–Kier alpha value is -2.06. The molecule has 1 aromatic carbocycles. The SMILES string of the molecule is CC(C)(C)C(=O)NCCNCc1cccc(OCCCC#N)c1. The van der Waals surface area contributed by atoms with E-state index in [-0.39, 0.29) is 11.3 Å². The fraction of sp³-hybridized carbons (Fsp3) is 0.556. The largest absolute Gasteiger partial charge is 0.494 e. The molecular weight excluding hydrogens is 290 g/mol. The zero-order valence-corrected chi connectivity index (χ0v) is 14.3. The maximum absolute atomic E-state index is 11.7. The van der Waals surface area contributed by atoms with Gasteiger partial charge in [0, 0.05) is 31.5 Å². The van der Waals surface area contributed by atoms with Gasteiger partial charge in [0.05, 0.1) is 12.7 Å². The highest BCUT2D eigenvalue weighted by atomic mass is 16.5. The summed E-state index contributed by atoms with van der Waals surface area (Å²) in [5, 5.41) is 14.7. The summed E-state index contributed by atoms with van der Waals surface area (Å²) in [4.78, 5) is 11.7. The first-order valence-electron chi connectivity index (χ1n) is 8.01. The topological polar surface area (TPSA) is 74.2 Å². The lowest BCUT2D eigenvalue weighted by molar-refractivity contribution is -0.128. The van der Waals surface area contributed by atoms with E-state index in [1.807, 2.05) is 45.0 Å². The number of carbonyl (C=O) groups excluding carboxylic acids is 1. The van der Waals surface area contributed by atoms with E-state index in [0.29, 0.717) is 19.6 Å². The van der Waals surface area contributed by atoms with E-state index >= 15 is 0 Å². The zero-order chi connectivity index (χ0) is 17.1. The second-order valence-electron chi connectivity index (χ2n) is 6.44. The molecule has 0 bridgehead atoms. The maximum Gasteiger partial charge on any atom is 0.225 e. The molecule has 2 N–H and O–H groups in total. The molecule has 0 radical (unpaired) electrons. The van der Waals surface area contributed by atoms with Crippen molar-refractivity contribution < 1.29 is 9.53 Å². The third-order valence-corrected chi connectivity index (χ3v) is 3.20. The summed E-state index contributed by atoms with van der Waals surface area (Å²) in [6.07, 6.45) is 1.26.